The number of amides is 1. The zero-order valence-electron chi connectivity index (χ0n) is 10.1. The van der Waals surface area contributed by atoms with Crippen LogP contribution in [0.2, 0.25) is 0 Å². The molecule has 0 radical (unpaired) electrons. The number of carboxylic acids is 1. The molecule has 1 aromatic carbocycles. The molecule has 0 spiro atoms. The highest BCUT2D eigenvalue weighted by molar-refractivity contribution is 6.10. The summed E-state index contributed by atoms with van der Waals surface area (Å²) in [5.74, 6) is -2.37. The molecule has 19 heavy (non-hydrogen) atoms. The Balaban J connectivity index is 3.01. The summed E-state index contributed by atoms with van der Waals surface area (Å²) < 4.78 is 0. The van der Waals surface area contributed by atoms with Crippen molar-refractivity contribution >= 4 is 23.3 Å². The predicted octanol–water partition coefficient (Wildman–Crippen LogP) is -0.258. The highest BCUT2D eigenvalue weighted by Gasteiger charge is 2.21. The maximum atomic E-state index is 12.1. The van der Waals surface area contributed by atoms with E-state index in [-0.39, 0.29) is 24.0 Å². The number of carboxylic acid groups (broad SMARTS) is 1. The summed E-state index contributed by atoms with van der Waals surface area (Å²) in [6.45, 7) is 0. The zero-order chi connectivity index (χ0) is 14.6. The normalized spacial score (nSPS) is 11.8. The van der Waals surface area contributed by atoms with Gasteiger partial charge in [0.15, 0.2) is 5.78 Å². The van der Waals surface area contributed by atoms with E-state index in [1.54, 1.807) is 0 Å². The lowest BCUT2D eigenvalue weighted by atomic mass is 9.96. The Morgan fingerprint density at radius 1 is 1.21 bits per heavy atom. The molecule has 0 bridgehead atoms. The fourth-order valence-electron chi connectivity index (χ4n) is 1.59. The molecule has 0 saturated heterocycles. The van der Waals surface area contributed by atoms with E-state index in [1.807, 2.05) is 0 Å². The molecule has 0 unspecified atom stereocenters. The molecule has 0 aliphatic rings. The number of primary amides is 1. The minimum absolute atomic E-state index is 0.0185. The first kappa shape index (κ1) is 14.7. The van der Waals surface area contributed by atoms with Crippen molar-refractivity contribution in [1.29, 1.82) is 0 Å². The van der Waals surface area contributed by atoms with E-state index in [1.165, 1.54) is 18.2 Å². The van der Waals surface area contributed by atoms with Crippen molar-refractivity contribution in [1.82, 2.24) is 0 Å². The average Bonchev–Trinajstić information content (AvgIpc) is 2.34. The summed E-state index contributed by atoms with van der Waals surface area (Å²) >= 11 is 0. The first-order valence-electron chi connectivity index (χ1n) is 5.54. The molecule has 0 heterocycles. The van der Waals surface area contributed by atoms with Crippen molar-refractivity contribution in [3.63, 3.8) is 0 Å². The maximum Gasteiger partial charge on any atom is 0.303 e. The predicted molar refractivity (Wildman–Crippen MR) is 68.5 cm³/mol. The van der Waals surface area contributed by atoms with Crippen LogP contribution in [-0.4, -0.2) is 28.8 Å². The van der Waals surface area contributed by atoms with E-state index < -0.39 is 23.7 Å². The van der Waals surface area contributed by atoms with E-state index in [0.717, 1.165) is 0 Å². The topological polar surface area (TPSA) is 150 Å². The van der Waals surface area contributed by atoms with Gasteiger partial charge in [0.25, 0.3) is 0 Å². The summed E-state index contributed by atoms with van der Waals surface area (Å²) in [4.78, 5) is 33.7. The SMILES string of the molecule is NC(=O)c1ccc(N)cc1C(=O)[C@@H](N)CCC(=O)O. The van der Waals surface area contributed by atoms with Gasteiger partial charge in [-0.15, -0.1) is 0 Å². The van der Waals surface area contributed by atoms with Gasteiger partial charge >= 0.3 is 5.97 Å². The number of ketones is 1. The molecule has 7 nitrogen and oxygen atoms in total. The van der Waals surface area contributed by atoms with Gasteiger partial charge in [-0.2, -0.15) is 0 Å². The molecule has 1 aromatic rings. The quantitative estimate of drug-likeness (QED) is 0.411. The molecule has 0 fully saturated rings. The van der Waals surface area contributed by atoms with Gasteiger partial charge in [-0.3, -0.25) is 14.4 Å². The Morgan fingerprint density at radius 2 is 1.84 bits per heavy atom. The number of aliphatic carboxylic acids is 1. The maximum absolute atomic E-state index is 12.1. The van der Waals surface area contributed by atoms with Gasteiger partial charge in [0.05, 0.1) is 11.6 Å². The van der Waals surface area contributed by atoms with E-state index in [9.17, 15) is 14.4 Å². The monoisotopic (exact) mass is 265 g/mol. The number of nitrogens with two attached hydrogens (primary N) is 3. The van der Waals surface area contributed by atoms with Gasteiger partial charge in [0.1, 0.15) is 0 Å². The molecule has 102 valence electrons. The van der Waals surface area contributed by atoms with E-state index in [2.05, 4.69) is 0 Å². The number of hydrogen-bond acceptors (Lipinski definition) is 5. The third-order valence-corrected chi connectivity index (χ3v) is 2.58. The Hall–Kier alpha value is -2.41. The standard InChI is InChI=1S/C12H15N3O4/c13-6-1-2-7(12(15)19)8(5-6)11(18)9(14)3-4-10(16)17/h1-2,5,9H,3-4,13-14H2,(H2,15,19)(H,16,17)/t9-/m0/s1. The van der Waals surface area contributed by atoms with Crippen LogP contribution in [0.15, 0.2) is 18.2 Å². The molecule has 1 amide bonds. The zero-order valence-corrected chi connectivity index (χ0v) is 10.1. The molecular formula is C12H15N3O4. The first-order valence-corrected chi connectivity index (χ1v) is 5.54. The Labute approximate surface area is 109 Å². The van der Waals surface area contributed by atoms with Crippen LogP contribution in [0.5, 0.6) is 0 Å². The second-order valence-electron chi connectivity index (χ2n) is 4.07. The van der Waals surface area contributed by atoms with Crippen molar-refractivity contribution in [3.8, 4) is 0 Å². The van der Waals surface area contributed by atoms with Crippen LogP contribution in [0.1, 0.15) is 33.6 Å². The van der Waals surface area contributed by atoms with Crippen LogP contribution in [-0.2, 0) is 4.79 Å². The molecule has 7 N–H and O–H groups in total. The van der Waals surface area contributed by atoms with Crippen molar-refractivity contribution < 1.29 is 19.5 Å². The van der Waals surface area contributed by atoms with Crippen molar-refractivity contribution in [2.24, 2.45) is 11.5 Å². The summed E-state index contributed by atoms with van der Waals surface area (Å²) in [7, 11) is 0. The Kier molecular flexibility index (Phi) is 4.60. The minimum atomic E-state index is -1.05. The minimum Gasteiger partial charge on any atom is -0.481 e. The third kappa shape index (κ3) is 3.78. The van der Waals surface area contributed by atoms with Crippen LogP contribution >= 0.6 is 0 Å². The van der Waals surface area contributed by atoms with Crippen LogP contribution in [0.3, 0.4) is 0 Å². The van der Waals surface area contributed by atoms with Crippen molar-refractivity contribution in [3.05, 3.63) is 29.3 Å². The molecule has 7 heteroatoms. The number of carbonyl (C=O) groups excluding carboxylic acids is 2. The van der Waals surface area contributed by atoms with Gasteiger partial charge in [0, 0.05) is 17.7 Å². The van der Waals surface area contributed by atoms with Gasteiger partial charge in [-0.1, -0.05) is 0 Å². The van der Waals surface area contributed by atoms with Crippen molar-refractivity contribution in [2.45, 2.75) is 18.9 Å². The van der Waals surface area contributed by atoms with Crippen LogP contribution in [0, 0.1) is 0 Å². The van der Waals surface area contributed by atoms with Gasteiger partial charge in [0.2, 0.25) is 5.91 Å². The lowest BCUT2D eigenvalue weighted by Crippen LogP contribution is -2.33. The van der Waals surface area contributed by atoms with Crippen LogP contribution in [0.25, 0.3) is 0 Å². The van der Waals surface area contributed by atoms with Gasteiger partial charge in [-0.05, 0) is 24.6 Å². The van der Waals surface area contributed by atoms with Crippen LogP contribution < -0.4 is 17.2 Å². The average molecular weight is 265 g/mol. The number of carbonyl (C=O) groups is 3. The number of anilines is 1. The smallest absolute Gasteiger partial charge is 0.303 e. The van der Waals surface area contributed by atoms with Gasteiger partial charge in [-0.25, -0.2) is 0 Å². The molecule has 0 saturated carbocycles. The molecule has 0 aromatic heterocycles. The Morgan fingerprint density at radius 3 is 2.37 bits per heavy atom. The highest BCUT2D eigenvalue weighted by Crippen LogP contribution is 2.16. The molecule has 0 aliphatic carbocycles. The fourth-order valence-corrected chi connectivity index (χ4v) is 1.59. The largest absolute Gasteiger partial charge is 0.481 e. The lowest BCUT2D eigenvalue weighted by Gasteiger charge is -2.12. The molecule has 1 atom stereocenters. The summed E-state index contributed by atoms with van der Waals surface area (Å²) in [6, 6.07) is 3.08. The lowest BCUT2D eigenvalue weighted by molar-refractivity contribution is -0.137. The number of benzene rings is 1. The molecule has 1 rings (SSSR count). The Bertz CT molecular complexity index is 528. The fraction of sp³-hybridized carbons (Fsp3) is 0.250. The van der Waals surface area contributed by atoms with E-state index >= 15 is 0 Å². The van der Waals surface area contributed by atoms with E-state index in [0.29, 0.717) is 5.69 Å². The number of nitrogen functional groups attached to an aromatic ring is 1. The summed E-state index contributed by atoms with van der Waals surface area (Å²) in [6.07, 6.45) is -0.262. The van der Waals surface area contributed by atoms with Crippen molar-refractivity contribution in [2.75, 3.05) is 5.73 Å². The van der Waals surface area contributed by atoms with Gasteiger partial charge < -0.3 is 22.3 Å². The number of hydrogen-bond donors (Lipinski definition) is 4. The second kappa shape index (κ2) is 5.96. The van der Waals surface area contributed by atoms with Crippen LogP contribution in [0.4, 0.5) is 5.69 Å². The number of rotatable bonds is 6. The first-order chi connectivity index (χ1) is 8.82. The summed E-state index contributed by atoms with van der Waals surface area (Å²) in [5, 5.41) is 8.54. The summed E-state index contributed by atoms with van der Waals surface area (Å²) in [5.41, 5.74) is 16.6. The highest BCUT2D eigenvalue weighted by atomic mass is 16.4. The molecular weight excluding hydrogens is 250 g/mol. The number of Topliss-reactive ketones (excluding diaryl/α,β-unsaturated/α-hetero) is 1. The third-order valence-electron chi connectivity index (χ3n) is 2.58. The van der Waals surface area contributed by atoms with E-state index in [4.69, 9.17) is 22.3 Å². The molecule has 0 aliphatic heterocycles. The second-order valence-corrected chi connectivity index (χ2v) is 4.07.